The fourth-order valence-electron chi connectivity index (χ4n) is 1.81. The van der Waals surface area contributed by atoms with E-state index in [1.54, 1.807) is 7.11 Å². The molecule has 16 heavy (non-hydrogen) atoms. The van der Waals surface area contributed by atoms with Crippen LogP contribution < -0.4 is 19.4 Å². The Morgan fingerprint density at radius 1 is 1.19 bits per heavy atom. The first-order valence-corrected chi connectivity index (χ1v) is 5.10. The van der Waals surface area contributed by atoms with E-state index in [2.05, 4.69) is 19.8 Å². The lowest BCUT2D eigenvalue weighted by Gasteiger charge is -2.16. The van der Waals surface area contributed by atoms with Crippen LogP contribution in [0.5, 0.6) is 5.88 Å². The van der Waals surface area contributed by atoms with Crippen LogP contribution in [0.4, 0.5) is 17.5 Å². The van der Waals surface area contributed by atoms with Gasteiger partial charge in [0.1, 0.15) is 5.69 Å². The highest BCUT2D eigenvalue weighted by Crippen LogP contribution is 2.39. The first kappa shape index (κ1) is 10.8. The topological polar surface area (TPSA) is 44.7 Å². The SMILES string of the molecule is COc1nc(N(C)C)nc2c1N(C)CN2C. The van der Waals surface area contributed by atoms with Crippen LogP contribution in [0.3, 0.4) is 0 Å². The van der Waals surface area contributed by atoms with Crippen LogP contribution in [-0.2, 0) is 0 Å². The molecule has 0 radical (unpaired) electrons. The molecule has 2 rings (SSSR count). The summed E-state index contributed by atoms with van der Waals surface area (Å²) in [6.07, 6.45) is 0. The number of nitrogens with zero attached hydrogens (tertiary/aromatic N) is 5. The maximum Gasteiger partial charge on any atom is 0.244 e. The van der Waals surface area contributed by atoms with Crippen molar-refractivity contribution in [2.75, 3.05) is 56.7 Å². The Kier molecular flexibility index (Phi) is 2.49. The predicted molar refractivity (Wildman–Crippen MR) is 64.6 cm³/mol. The molecule has 6 heteroatoms. The number of hydrogen-bond donors (Lipinski definition) is 0. The molecule has 0 amide bonds. The molecule has 0 saturated carbocycles. The van der Waals surface area contributed by atoms with Crippen molar-refractivity contribution in [3.05, 3.63) is 0 Å². The molecule has 0 aliphatic carbocycles. The highest BCUT2D eigenvalue weighted by molar-refractivity contribution is 5.77. The van der Waals surface area contributed by atoms with Crippen LogP contribution in [0.2, 0.25) is 0 Å². The smallest absolute Gasteiger partial charge is 0.244 e. The quantitative estimate of drug-likeness (QED) is 0.723. The minimum atomic E-state index is 0.626. The molecule has 1 aliphatic rings. The van der Waals surface area contributed by atoms with E-state index in [4.69, 9.17) is 4.74 Å². The molecule has 0 fully saturated rings. The molecule has 1 aliphatic heterocycles. The monoisotopic (exact) mass is 223 g/mol. The zero-order valence-electron chi connectivity index (χ0n) is 10.4. The molecule has 0 aromatic carbocycles. The van der Waals surface area contributed by atoms with Gasteiger partial charge in [0, 0.05) is 28.2 Å². The van der Waals surface area contributed by atoms with Crippen LogP contribution in [0.15, 0.2) is 0 Å². The number of hydrogen-bond acceptors (Lipinski definition) is 6. The number of fused-ring (bicyclic) bond motifs is 1. The summed E-state index contributed by atoms with van der Waals surface area (Å²) in [6, 6.07) is 0. The van der Waals surface area contributed by atoms with Crippen LogP contribution in [0.1, 0.15) is 0 Å². The van der Waals surface area contributed by atoms with Gasteiger partial charge in [-0.3, -0.25) is 0 Å². The van der Waals surface area contributed by atoms with Crippen molar-refractivity contribution < 1.29 is 4.74 Å². The van der Waals surface area contributed by atoms with Crippen molar-refractivity contribution in [3.8, 4) is 5.88 Å². The van der Waals surface area contributed by atoms with E-state index in [0.717, 1.165) is 18.2 Å². The Morgan fingerprint density at radius 3 is 2.44 bits per heavy atom. The van der Waals surface area contributed by atoms with Gasteiger partial charge >= 0.3 is 0 Å². The summed E-state index contributed by atoms with van der Waals surface area (Å²) in [6.45, 7) is 0.803. The molecular weight excluding hydrogens is 206 g/mol. The van der Waals surface area contributed by atoms with Gasteiger partial charge < -0.3 is 19.4 Å². The second-order valence-corrected chi connectivity index (χ2v) is 4.14. The summed E-state index contributed by atoms with van der Waals surface area (Å²) in [7, 11) is 9.48. The van der Waals surface area contributed by atoms with Gasteiger partial charge in [-0.05, 0) is 0 Å². The predicted octanol–water partition coefficient (Wildman–Crippen LogP) is 0.395. The number of anilines is 3. The first-order chi connectivity index (χ1) is 7.54. The minimum Gasteiger partial charge on any atom is -0.479 e. The van der Waals surface area contributed by atoms with E-state index in [0.29, 0.717) is 11.8 Å². The normalized spacial score (nSPS) is 14.1. The zero-order valence-corrected chi connectivity index (χ0v) is 10.4. The Bertz CT molecular complexity index is 406. The Morgan fingerprint density at radius 2 is 1.88 bits per heavy atom. The van der Waals surface area contributed by atoms with Gasteiger partial charge in [-0.2, -0.15) is 9.97 Å². The third kappa shape index (κ3) is 1.50. The fraction of sp³-hybridized carbons (Fsp3) is 0.600. The van der Waals surface area contributed by atoms with Gasteiger partial charge in [-0.25, -0.2) is 0 Å². The number of ether oxygens (including phenoxy) is 1. The van der Waals surface area contributed by atoms with E-state index in [9.17, 15) is 0 Å². The lowest BCUT2D eigenvalue weighted by Crippen LogP contribution is -2.24. The van der Waals surface area contributed by atoms with Crippen LogP contribution in [0, 0.1) is 0 Å². The number of rotatable bonds is 2. The molecule has 0 N–H and O–H groups in total. The summed E-state index contributed by atoms with van der Waals surface area (Å²) in [5, 5.41) is 0. The van der Waals surface area contributed by atoms with Gasteiger partial charge in [0.05, 0.1) is 13.8 Å². The molecule has 1 aromatic heterocycles. The first-order valence-electron chi connectivity index (χ1n) is 5.10. The van der Waals surface area contributed by atoms with Gasteiger partial charge in [0.25, 0.3) is 0 Å². The van der Waals surface area contributed by atoms with Crippen molar-refractivity contribution in [1.82, 2.24) is 9.97 Å². The summed E-state index contributed by atoms with van der Waals surface area (Å²) in [5.41, 5.74) is 0.954. The molecule has 1 aromatic rings. The molecule has 0 saturated heterocycles. The lowest BCUT2D eigenvalue weighted by molar-refractivity contribution is 0.398. The molecule has 0 atom stereocenters. The summed E-state index contributed by atoms with van der Waals surface area (Å²) >= 11 is 0. The maximum absolute atomic E-state index is 5.32. The van der Waals surface area contributed by atoms with Crippen LogP contribution >= 0.6 is 0 Å². The highest BCUT2D eigenvalue weighted by atomic mass is 16.5. The Labute approximate surface area is 95.4 Å². The maximum atomic E-state index is 5.32. The Balaban J connectivity index is 2.58. The molecule has 2 heterocycles. The van der Waals surface area contributed by atoms with E-state index in [-0.39, 0.29) is 0 Å². The molecule has 88 valence electrons. The second-order valence-electron chi connectivity index (χ2n) is 4.14. The van der Waals surface area contributed by atoms with Gasteiger partial charge in [-0.15, -0.1) is 0 Å². The average Bonchev–Trinajstić information content (AvgIpc) is 2.53. The van der Waals surface area contributed by atoms with Crippen molar-refractivity contribution in [1.29, 1.82) is 0 Å². The van der Waals surface area contributed by atoms with E-state index in [1.165, 1.54) is 0 Å². The minimum absolute atomic E-state index is 0.626. The average molecular weight is 223 g/mol. The van der Waals surface area contributed by atoms with Crippen molar-refractivity contribution >= 4 is 17.5 Å². The van der Waals surface area contributed by atoms with Crippen molar-refractivity contribution in [3.63, 3.8) is 0 Å². The molecule has 0 unspecified atom stereocenters. The second kappa shape index (κ2) is 3.70. The summed E-state index contributed by atoms with van der Waals surface area (Å²) < 4.78 is 5.32. The van der Waals surface area contributed by atoms with E-state index < -0.39 is 0 Å². The van der Waals surface area contributed by atoms with E-state index in [1.807, 2.05) is 33.1 Å². The molecule has 0 spiro atoms. The standard InChI is InChI=1S/C10H17N5O/c1-13(2)10-11-8-7(9(12-10)16-5)14(3)6-15(8)4/h6H2,1-5H3. The fourth-order valence-corrected chi connectivity index (χ4v) is 1.81. The lowest BCUT2D eigenvalue weighted by atomic mass is 10.4. The summed E-state index contributed by atoms with van der Waals surface area (Å²) in [4.78, 5) is 14.9. The van der Waals surface area contributed by atoms with Crippen molar-refractivity contribution in [2.45, 2.75) is 0 Å². The van der Waals surface area contributed by atoms with Crippen LogP contribution in [0.25, 0.3) is 0 Å². The van der Waals surface area contributed by atoms with Crippen LogP contribution in [-0.4, -0.2) is 51.9 Å². The third-order valence-electron chi connectivity index (χ3n) is 2.58. The van der Waals surface area contributed by atoms with E-state index >= 15 is 0 Å². The largest absolute Gasteiger partial charge is 0.479 e. The number of aromatic nitrogens is 2. The van der Waals surface area contributed by atoms with Gasteiger partial charge in [-0.1, -0.05) is 0 Å². The van der Waals surface area contributed by atoms with Crippen molar-refractivity contribution in [2.24, 2.45) is 0 Å². The zero-order chi connectivity index (χ0) is 11.9. The van der Waals surface area contributed by atoms with Gasteiger partial charge in [0.2, 0.25) is 11.8 Å². The van der Waals surface area contributed by atoms with Gasteiger partial charge in [0.15, 0.2) is 5.82 Å². The third-order valence-corrected chi connectivity index (χ3v) is 2.58. The number of methoxy groups -OCH3 is 1. The summed E-state index contributed by atoms with van der Waals surface area (Å²) in [5.74, 6) is 2.20. The highest BCUT2D eigenvalue weighted by Gasteiger charge is 2.28. The molecule has 6 nitrogen and oxygen atoms in total. The molecule has 0 bridgehead atoms. The Hall–Kier alpha value is -1.72. The molecular formula is C10H17N5O.